The predicted molar refractivity (Wildman–Crippen MR) is 67.6 cm³/mol. The first-order valence-corrected chi connectivity index (χ1v) is 5.93. The van der Waals surface area contributed by atoms with Crippen molar-refractivity contribution < 1.29 is 27.1 Å². The maximum atomic E-state index is 13.2. The van der Waals surface area contributed by atoms with E-state index < -0.39 is 17.6 Å². The minimum absolute atomic E-state index is 0.0545. The van der Waals surface area contributed by atoms with Gasteiger partial charge in [-0.15, -0.1) is 0 Å². The second-order valence-electron chi connectivity index (χ2n) is 4.32. The van der Waals surface area contributed by atoms with Crippen LogP contribution in [-0.2, 0) is 12.8 Å². The van der Waals surface area contributed by atoms with E-state index in [1.54, 1.807) is 18.2 Å². The summed E-state index contributed by atoms with van der Waals surface area (Å²) < 4.78 is 56.2. The number of carbonyl (C=O) groups excluding carboxylic acids is 1. The van der Waals surface area contributed by atoms with Gasteiger partial charge in [0.05, 0.1) is 5.56 Å². The average molecular weight is 298 g/mol. The second kappa shape index (κ2) is 5.95. The molecule has 2 aromatic rings. The summed E-state index contributed by atoms with van der Waals surface area (Å²) in [6.07, 6.45) is -3.99. The Kier molecular flexibility index (Phi) is 4.26. The summed E-state index contributed by atoms with van der Waals surface area (Å²) in [5, 5.41) is 0. The maximum Gasteiger partial charge on any atom is 0.416 e. The van der Waals surface area contributed by atoms with Gasteiger partial charge in [0.25, 0.3) is 0 Å². The lowest BCUT2D eigenvalue weighted by atomic mass is 10.1. The van der Waals surface area contributed by atoms with E-state index in [2.05, 4.69) is 0 Å². The summed E-state index contributed by atoms with van der Waals surface area (Å²) in [6.45, 7) is -0.233. The number of hydrogen-bond acceptors (Lipinski definition) is 2. The van der Waals surface area contributed by atoms with Crippen molar-refractivity contribution in [1.29, 1.82) is 0 Å². The molecule has 0 bridgehead atoms. The fourth-order valence-electron chi connectivity index (χ4n) is 1.74. The van der Waals surface area contributed by atoms with Crippen LogP contribution in [-0.4, -0.2) is 6.29 Å². The molecular weight excluding hydrogens is 288 g/mol. The molecular formula is C15H10F4O2. The van der Waals surface area contributed by atoms with Gasteiger partial charge >= 0.3 is 6.18 Å². The van der Waals surface area contributed by atoms with E-state index in [0.29, 0.717) is 23.7 Å². The predicted octanol–water partition coefficient (Wildman–Crippen LogP) is 4.24. The van der Waals surface area contributed by atoms with E-state index in [9.17, 15) is 22.4 Å². The summed E-state index contributed by atoms with van der Waals surface area (Å²) in [5.74, 6) is -0.664. The van der Waals surface area contributed by atoms with Gasteiger partial charge in [-0.05, 0) is 35.9 Å². The normalized spacial score (nSPS) is 11.2. The molecule has 6 heteroatoms. The van der Waals surface area contributed by atoms with E-state index >= 15 is 0 Å². The van der Waals surface area contributed by atoms with Crippen LogP contribution in [0, 0.1) is 5.82 Å². The third-order valence-electron chi connectivity index (χ3n) is 2.68. The number of carbonyl (C=O) groups is 1. The van der Waals surface area contributed by atoms with Gasteiger partial charge in [-0.3, -0.25) is 4.79 Å². The van der Waals surface area contributed by atoms with Gasteiger partial charge < -0.3 is 4.74 Å². The molecule has 2 nitrogen and oxygen atoms in total. The topological polar surface area (TPSA) is 26.3 Å². The van der Waals surface area contributed by atoms with Gasteiger partial charge in [-0.25, -0.2) is 4.39 Å². The van der Waals surface area contributed by atoms with Crippen LogP contribution >= 0.6 is 0 Å². The molecule has 0 spiro atoms. The highest BCUT2D eigenvalue weighted by Crippen LogP contribution is 2.30. The molecule has 0 amide bonds. The number of alkyl halides is 3. The third-order valence-corrected chi connectivity index (χ3v) is 2.68. The Morgan fingerprint density at radius 2 is 1.86 bits per heavy atom. The monoisotopic (exact) mass is 298 g/mol. The van der Waals surface area contributed by atoms with Crippen LogP contribution < -0.4 is 4.74 Å². The van der Waals surface area contributed by atoms with Crippen molar-refractivity contribution in [3.05, 3.63) is 65.0 Å². The Morgan fingerprint density at radius 3 is 2.52 bits per heavy atom. The molecule has 0 saturated heterocycles. The Hall–Kier alpha value is -2.37. The van der Waals surface area contributed by atoms with Gasteiger partial charge in [-0.2, -0.15) is 13.2 Å². The third kappa shape index (κ3) is 4.05. The van der Waals surface area contributed by atoms with Gasteiger partial charge in [0, 0.05) is 5.56 Å². The highest BCUT2D eigenvalue weighted by atomic mass is 19.4. The van der Waals surface area contributed by atoms with Crippen LogP contribution in [0.1, 0.15) is 21.5 Å². The van der Waals surface area contributed by atoms with Crippen LogP contribution in [0.5, 0.6) is 5.75 Å². The minimum Gasteiger partial charge on any atom is -0.489 e. The Morgan fingerprint density at radius 1 is 1.10 bits per heavy atom. The van der Waals surface area contributed by atoms with E-state index in [0.717, 1.165) is 12.1 Å². The molecule has 0 aliphatic heterocycles. The number of benzene rings is 2. The summed E-state index contributed by atoms with van der Waals surface area (Å²) in [7, 11) is 0. The first-order valence-electron chi connectivity index (χ1n) is 5.93. The molecule has 0 fully saturated rings. The zero-order valence-electron chi connectivity index (χ0n) is 10.7. The standard InChI is InChI=1S/C15H10F4O2/c16-13-5-11(4-12(7-13)15(17,18)19)9-21-14-3-1-2-10(6-14)8-20/h1-8H,9H2. The van der Waals surface area contributed by atoms with Crippen LogP contribution in [0.2, 0.25) is 0 Å². The molecule has 110 valence electrons. The molecule has 2 aromatic carbocycles. The SMILES string of the molecule is O=Cc1cccc(OCc2cc(F)cc(C(F)(F)F)c2)c1. The second-order valence-corrected chi connectivity index (χ2v) is 4.32. The van der Waals surface area contributed by atoms with Crippen molar-refractivity contribution in [3.63, 3.8) is 0 Å². The summed E-state index contributed by atoms with van der Waals surface area (Å²) >= 11 is 0. The maximum absolute atomic E-state index is 13.2. The van der Waals surface area contributed by atoms with Crippen molar-refractivity contribution in [2.75, 3.05) is 0 Å². The minimum atomic E-state index is -4.62. The lowest BCUT2D eigenvalue weighted by molar-refractivity contribution is -0.137. The first kappa shape index (κ1) is 15.0. The summed E-state index contributed by atoms with van der Waals surface area (Å²) in [4.78, 5) is 10.6. The molecule has 0 aliphatic carbocycles. The molecule has 0 N–H and O–H groups in total. The first-order chi connectivity index (χ1) is 9.88. The molecule has 0 aromatic heterocycles. The molecule has 0 atom stereocenters. The molecule has 0 saturated carbocycles. The number of hydrogen-bond donors (Lipinski definition) is 0. The Bertz CT molecular complexity index is 650. The average Bonchev–Trinajstić information content (AvgIpc) is 2.44. The summed E-state index contributed by atoms with van der Waals surface area (Å²) in [5.41, 5.74) is -0.635. The molecule has 0 aliphatic rings. The highest BCUT2D eigenvalue weighted by molar-refractivity contribution is 5.75. The number of aldehydes is 1. The largest absolute Gasteiger partial charge is 0.489 e. The lowest BCUT2D eigenvalue weighted by Gasteiger charge is -2.11. The van der Waals surface area contributed by atoms with Crippen LogP contribution in [0.25, 0.3) is 0 Å². The van der Waals surface area contributed by atoms with E-state index in [4.69, 9.17) is 4.74 Å². The van der Waals surface area contributed by atoms with Crippen molar-refractivity contribution in [3.8, 4) is 5.75 Å². The van der Waals surface area contributed by atoms with Gasteiger partial charge in [0.15, 0.2) is 0 Å². The van der Waals surface area contributed by atoms with Crippen LogP contribution in [0.3, 0.4) is 0 Å². The van der Waals surface area contributed by atoms with Crippen molar-refractivity contribution in [2.45, 2.75) is 12.8 Å². The van der Waals surface area contributed by atoms with Gasteiger partial charge in [0.1, 0.15) is 24.5 Å². The smallest absolute Gasteiger partial charge is 0.416 e. The fraction of sp³-hybridized carbons (Fsp3) is 0.133. The quantitative estimate of drug-likeness (QED) is 0.623. The fourth-order valence-corrected chi connectivity index (χ4v) is 1.74. The van der Waals surface area contributed by atoms with E-state index in [-0.39, 0.29) is 12.2 Å². The zero-order chi connectivity index (χ0) is 15.5. The van der Waals surface area contributed by atoms with Crippen molar-refractivity contribution >= 4 is 6.29 Å². The molecule has 0 radical (unpaired) electrons. The van der Waals surface area contributed by atoms with Gasteiger partial charge in [0.2, 0.25) is 0 Å². The molecule has 21 heavy (non-hydrogen) atoms. The number of ether oxygens (including phenoxy) is 1. The van der Waals surface area contributed by atoms with Gasteiger partial charge in [-0.1, -0.05) is 12.1 Å². The van der Waals surface area contributed by atoms with E-state index in [1.165, 1.54) is 6.07 Å². The van der Waals surface area contributed by atoms with Crippen molar-refractivity contribution in [1.82, 2.24) is 0 Å². The lowest BCUT2D eigenvalue weighted by Crippen LogP contribution is -2.07. The Balaban J connectivity index is 2.16. The Labute approximate surface area is 118 Å². The number of rotatable bonds is 4. The molecule has 2 rings (SSSR count). The highest BCUT2D eigenvalue weighted by Gasteiger charge is 2.31. The van der Waals surface area contributed by atoms with Crippen LogP contribution in [0.4, 0.5) is 17.6 Å². The van der Waals surface area contributed by atoms with Crippen LogP contribution in [0.15, 0.2) is 42.5 Å². The summed E-state index contributed by atoms with van der Waals surface area (Å²) in [6, 6.07) is 8.35. The number of halogens is 4. The zero-order valence-corrected chi connectivity index (χ0v) is 10.7. The molecule has 0 heterocycles. The molecule has 0 unspecified atom stereocenters. The van der Waals surface area contributed by atoms with Crippen molar-refractivity contribution in [2.24, 2.45) is 0 Å². The van der Waals surface area contributed by atoms with E-state index in [1.807, 2.05) is 0 Å².